The van der Waals surface area contributed by atoms with Crippen LogP contribution in [0.1, 0.15) is 11.6 Å². The number of nitrogens with one attached hydrogen (secondary N) is 1. The number of rotatable bonds is 5. The largest absolute Gasteiger partial charge is 0.369 e. The summed E-state index contributed by atoms with van der Waals surface area (Å²) in [6.45, 7) is 0.558. The molecule has 108 valence electrons. The highest BCUT2D eigenvalue weighted by molar-refractivity contribution is 7.19. The number of aromatic nitrogens is 2. The van der Waals surface area contributed by atoms with Crippen LogP contribution in [0.2, 0.25) is 0 Å². The van der Waals surface area contributed by atoms with Gasteiger partial charge in [0.25, 0.3) is 0 Å². The Morgan fingerprint density at radius 3 is 2.67 bits per heavy atom. The first kappa shape index (κ1) is 13.9. The van der Waals surface area contributed by atoms with Crippen molar-refractivity contribution in [3.8, 4) is 10.6 Å². The van der Waals surface area contributed by atoms with Crippen molar-refractivity contribution in [1.82, 2.24) is 9.78 Å². The number of benzene rings is 1. The number of thiophene rings is 1. The van der Waals surface area contributed by atoms with Crippen molar-refractivity contribution in [2.45, 2.75) is 6.04 Å². The minimum atomic E-state index is 0.129. The molecule has 3 aromatic rings. The van der Waals surface area contributed by atoms with E-state index < -0.39 is 0 Å². The molecule has 0 fully saturated rings. The van der Waals surface area contributed by atoms with Crippen molar-refractivity contribution in [3.63, 3.8) is 0 Å². The van der Waals surface area contributed by atoms with Crippen molar-refractivity contribution < 1.29 is 0 Å². The smallest absolute Gasteiger partial charge is 0.0894 e. The predicted octanol–water partition coefficient (Wildman–Crippen LogP) is 3.26. The first-order valence-electron chi connectivity index (χ1n) is 6.87. The fourth-order valence-corrected chi connectivity index (χ4v) is 3.32. The molecule has 0 saturated heterocycles. The van der Waals surface area contributed by atoms with Crippen molar-refractivity contribution in [3.05, 3.63) is 60.3 Å². The summed E-state index contributed by atoms with van der Waals surface area (Å²) in [4.78, 5) is 1.20. The van der Waals surface area contributed by atoms with Gasteiger partial charge in [0.1, 0.15) is 0 Å². The molecule has 3 rings (SSSR count). The van der Waals surface area contributed by atoms with Gasteiger partial charge in [0.2, 0.25) is 0 Å². The number of nitrogens with zero attached hydrogens (tertiary/aromatic N) is 2. The van der Waals surface area contributed by atoms with Crippen LogP contribution in [0.4, 0.5) is 5.00 Å². The molecular formula is C16H18N4S. The Labute approximate surface area is 128 Å². The molecule has 0 radical (unpaired) electrons. The Kier molecular flexibility index (Phi) is 4.03. The Hall–Kier alpha value is -2.11. The highest BCUT2D eigenvalue weighted by Gasteiger charge is 2.11. The number of hydrogen-bond acceptors (Lipinski definition) is 4. The van der Waals surface area contributed by atoms with Crippen LogP contribution in [0.25, 0.3) is 10.6 Å². The van der Waals surface area contributed by atoms with Crippen LogP contribution in [-0.2, 0) is 7.05 Å². The average Bonchev–Trinajstić information content (AvgIpc) is 3.14. The molecule has 2 aromatic heterocycles. The fourth-order valence-electron chi connectivity index (χ4n) is 2.30. The Balaban J connectivity index is 1.79. The topological polar surface area (TPSA) is 55.9 Å². The summed E-state index contributed by atoms with van der Waals surface area (Å²) >= 11 is 1.72. The average molecular weight is 298 g/mol. The number of hydrogen-bond donors (Lipinski definition) is 2. The zero-order valence-corrected chi connectivity index (χ0v) is 12.7. The second-order valence-corrected chi connectivity index (χ2v) is 5.93. The maximum Gasteiger partial charge on any atom is 0.0894 e. The summed E-state index contributed by atoms with van der Waals surface area (Å²) in [5.41, 5.74) is 8.23. The standard InChI is InChI=1S/C16H18N4S/c1-20-14(9-10-18-20)15-7-8-16(21-15)19-13(11-17)12-5-3-2-4-6-12/h2-10,13,19H,11,17H2,1H3. The van der Waals surface area contributed by atoms with Gasteiger partial charge in [-0.15, -0.1) is 11.3 Å². The van der Waals surface area contributed by atoms with E-state index in [0.717, 1.165) is 10.7 Å². The molecule has 0 amide bonds. The summed E-state index contributed by atoms with van der Waals surface area (Å²) in [5, 5.41) is 8.84. The molecule has 0 aliphatic carbocycles. The lowest BCUT2D eigenvalue weighted by atomic mass is 10.1. The van der Waals surface area contributed by atoms with Gasteiger partial charge in [-0.05, 0) is 23.8 Å². The van der Waals surface area contributed by atoms with E-state index in [1.165, 1.54) is 10.4 Å². The first-order chi connectivity index (χ1) is 10.3. The molecule has 0 aliphatic heterocycles. The Morgan fingerprint density at radius 2 is 2.00 bits per heavy atom. The summed E-state index contributed by atoms with van der Waals surface area (Å²) in [5.74, 6) is 0. The minimum absolute atomic E-state index is 0.129. The van der Waals surface area contributed by atoms with Crippen LogP contribution in [0.5, 0.6) is 0 Å². The maximum absolute atomic E-state index is 5.91. The normalized spacial score (nSPS) is 12.3. The summed E-state index contributed by atoms with van der Waals surface area (Å²) in [7, 11) is 1.95. The highest BCUT2D eigenvalue weighted by atomic mass is 32.1. The third kappa shape index (κ3) is 2.99. The molecule has 0 aliphatic rings. The van der Waals surface area contributed by atoms with E-state index in [-0.39, 0.29) is 6.04 Å². The van der Waals surface area contributed by atoms with Gasteiger partial charge in [-0.2, -0.15) is 5.10 Å². The number of anilines is 1. The van der Waals surface area contributed by atoms with Crippen LogP contribution in [0, 0.1) is 0 Å². The second-order valence-electron chi connectivity index (χ2n) is 4.85. The van der Waals surface area contributed by atoms with Gasteiger partial charge in [0.05, 0.1) is 21.6 Å². The predicted molar refractivity (Wildman–Crippen MR) is 88.4 cm³/mol. The van der Waals surface area contributed by atoms with E-state index in [0.29, 0.717) is 6.54 Å². The second kappa shape index (κ2) is 6.11. The molecule has 21 heavy (non-hydrogen) atoms. The van der Waals surface area contributed by atoms with Crippen molar-refractivity contribution in [1.29, 1.82) is 0 Å². The van der Waals surface area contributed by atoms with E-state index >= 15 is 0 Å². The third-order valence-corrected chi connectivity index (χ3v) is 4.47. The van der Waals surface area contributed by atoms with E-state index in [2.05, 4.69) is 34.7 Å². The van der Waals surface area contributed by atoms with Gasteiger partial charge in [-0.25, -0.2) is 0 Å². The monoisotopic (exact) mass is 298 g/mol. The molecule has 1 atom stereocenters. The van der Waals surface area contributed by atoms with Gasteiger partial charge < -0.3 is 11.1 Å². The molecule has 2 heterocycles. The van der Waals surface area contributed by atoms with Crippen molar-refractivity contribution >= 4 is 16.3 Å². The van der Waals surface area contributed by atoms with Crippen molar-refractivity contribution in [2.75, 3.05) is 11.9 Å². The highest BCUT2D eigenvalue weighted by Crippen LogP contribution is 2.32. The lowest BCUT2D eigenvalue weighted by Gasteiger charge is -2.17. The molecular weight excluding hydrogens is 280 g/mol. The molecule has 5 heteroatoms. The van der Waals surface area contributed by atoms with Crippen LogP contribution < -0.4 is 11.1 Å². The van der Waals surface area contributed by atoms with E-state index in [1.807, 2.05) is 42.2 Å². The quantitative estimate of drug-likeness (QED) is 0.760. The summed E-state index contributed by atoms with van der Waals surface area (Å²) < 4.78 is 1.88. The van der Waals surface area contributed by atoms with E-state index in [4.69, 9.17) is 5.73 Å². The zero-order chi connectivity index (χ0) is 14.7. The van der Waals surface area contributed by atoms with Crippen LogP contribution in [0.3, 0.4) is 0 Å². The van der Waals surface area contributed by atoms with E-state index in [1.54, 1.807) is 11.3 Å². The first-order valence-corrected chi connectivity index (χ1v) is 7.69. The molecule has 1 unspecified atom stereocenters. The van der Waals surface area contributed by atoms with Crippen LogP contribution in [0.15, 0.2) is 54.7 Å². The molecule has 3 N–H and O–H groups in total. The lowest BCUT2D eigenvalue weighted by Crippen LogP contribution is -2.19. The molecule has 0 spiro atoms. The number of nitrogens with two attached hydrogens (primary N) is 1. The van der Waals surface area contributed by atoms with Crippen LogP contribution in [-0.4, -0.2) is 16.3 Å². The van der Waals surface area contributed by atoms with Gasteiger partial charge in [-0.1, -0.05) is 30.3 Å². The zero-order valence-electron chi connectivity index (χ0n) is 11.9. The third-order valence-electron chi connectivity index (χ3n) is 3.43. The molecule has 4 nitrogen and oxygen atoms in total. The molecule has 1 aromatic carbocycles. The molecule has 0 saturated carbocycles. The van der Waals surface area contributed by atoms with Gasteiger partial charge in [0, 0.05) is 19.8 Å². The summed E-state index contributed by atoms with van der Waals surface area (Å²) in [6, 6.07) is 16.6. The van der Waals surface area contributed by atoms with Crippen LogP contribution >= 0.6 is 11.3 Å². The van der Waals surface area contributed by atoms with E-state index in [9.17, 15) is 0 Å². The SMILES string of the molecule is Cn1nccc1-c1ccc(NC(CN)c2ccccc2)s1. The van der Waals surface area contributed by atoms with Gasteiger partial charge in [-0.3, -0.25) is 4.68 Å². The molecule has 0 bridgehead atoms. The number of aryl methyl sites for hydroxylation is 1. The Morgan fingerprint density at radius 1 is 1.19 bits per heavy atom. The fraction of sp³-hybridized carbons (Fsp3) is 0.188. The Bertz CT molecular complexity index is 702. The maximum atomic E-state index is 5.91. The van der Waals surface area contributed by atoms with Gasteiger partial charge >= 0.3 is 0 Å². The minimum Gasteiger partial charge on any atom is -0.369 e. The van der Waals surface area contributed by atoms with Crippen molar-refractivity contribution in [2.24, 2.45) is 12.8 Å². The lowest BCUT2D eigenvalue weighted by molar-refractivity contribution is 0.777. The van der Waals surface area contributed by atoms with Gasteiger partial charge in [0.15, 0.2) is 0 Å². The summed E-state index contributed by atoms with van der Waals surface area (Å²) in [6.07, 6.45) is 1.81.